The minimum absolute atomic E-state index is 0.254. The van der Waals surface area contributed by atoms with Crippen LogP contribution in [0.3, 0.4) is 0 Å². The number of hydrogen-bond acceptors (Lipinski definition) is 4. The van der Waals surface area contributed by atoms with Crippen molar-refractivity contribution >= 4 is 17.6 Å². The highest BCUT2D eigenvalue weighted by Gasteiger charge is 2.19. The molecule has 1 aromatic rings. The second-order valence-corrected chi connectivity index (χ2v) is 3.86. The Balaban J connectivity index is 2.49. The molecule has 0 saturated heterocycles. The zero-order valence-electron chi connectivity index (χ0n) is 10.3. The number of aromatic nitrogens is 1. The molecular weight excluding hydrogens is 222 g/mol. The lowest BCUT2D eigenvalue weighted by molar-refractivity contribution is -0.142. The Morgan fingerprint density at radius 2 is 2.24 bits per heavy atom. The number of hydrogen-bond donors (Lipinski definition) is 1. The van der Waals surface area contributed by atoms with E-state index in [1.807, 2.05) is 6.92 Å². The first-order valence-electron chi connectivity index (χ1n) is 5.54. The largest absolute Gasteiger partial charge is 0.360 e. The Morgan fingerprint density at radius 1 is 1.53 bits per heavy atom. The van der Waals surface area contributed by atoms with Crippen molar-refractivity contribution in [1.82, 2.24) is 10.1 Å². The second kappa shape index (κ2) is 6.03. The van der Waals surface area contributed by atoms with Gasteiger partial charge in [0.25, 0.3) is 0 Å². The summed E-state index contributed by atoms with van der Waals surface area (Å²) < 4.78 is 4.78. The molecule has 1 aromatic heterocycles. The van der Waals surface area contributed by atoms with Crippen molar-refractivity contribution in [3.8, 4) is 0 Å². The molecule has 1 rings (SSSR count). The smallest absolute Gasteiger partial charge is 0.315 e. The average molecular weight is 239 g/mol. The predicted octanol–water partition coefficient (Wildman–Crippen LogP) is 1.18. The maximum absolute atomic E-state index is 11.6. The fourth-order valence-electron chi connectivity index (χ4n) is 1.27. The predicted molar refractivity (Wildman–Crippen MR) is 62.4 cm³/mol. The summed E-state index contributed by atoms with van der Waals surface area (Å²) in [6.07, 6.45) is 1.85. The topological polar surface area (TPSA) is 75.4 Å². The van der Waals surface area contributed by atoms with Crippen molar-refractivity contribution in [3.63, 3.8) is 0 Å². The number of unbranched alkanes of at least 4 members (excludes halogenated alkanes) is 1. The molecule has 0 fully saturated rings. The van der Waals surface area contributed by atoms with Crippen LogP contribution in [0.5, 0.6) is 0 Å². The fourth-order valence-corrected chi connectivity index (χ4v) is 1.27. The van der Waals surface area contributed by atoms with Crippen LogP contribution in [0, 0.1) is 6.92 Å². The molecule has 0 atom stereocenters. The molecule has 6 heteroatoms. The van der Waals surface area contributed by atoms with Crippen molar-refractivity contribution in [2.24, 2.45) is 0 Å². The van der Waals surface area contributed by atoms with E-state index in [4.69, 9.17) is 4.52 Å². The third-order valence-corrected chi connectivity index (χ3v) is 2.26. The Labute approximate surface area is 99.9 Å². The number of rotatable bonds is 4. The van der Waals surface area contributed by atoms with E-state index in [0.29, 0.717) is 12.3 Å². The van der Waals surface area contributed by atoms with Gasteiger partial charge in [0.1, 0.15) is 5.76 Å². The van der Waals surface area contributed by atoms with Gasteiger partial charge in [-0.3, -0.25) is 14.9 Å². The minimum Gasteiger partial charge on any atom is -0.360 e. The molecule has 17 heavy (non-hydrogen) atoms. The molecule has 1 heterocycles. The SMILES string of the molecule is CCCCN(C)C(=O)C(=O)Nc1cc(C)on1. The lowest BCUT2D eigenvalue weighted by Gasteiger charge is -2.15. The van der Waals surface area contributed by atoms with Gasteiger partial charge >= 0.3 is 11.8 Å². The summed E-state index contributed by atoms with van der Waals surface area (Å²) in [4.78, 5) is 24.6. The maximum atomic E-state index is 11.6. The lowest BCUT2D eigenvalue weighted by Crippen LogP contribution is -2.37. The zero-order valence-corrected chi connectivity index (χ0v) is 10.3. The van der Waals surface area contributed by atoms with E-state index in [-0.39, 0.29) is 5.82 Å². The van der Waals surface area contributed by atoms with Crippen molar-refractivity contribution in [3.05, 3.63) is 11.8 Å². The van der Waals surface area contributed by atoms with E-state index in [1.54, 1.807) is 20.0 Å². The van der Waals surface area contributed by atoms with Gasteiger partial charge in [0.2, 0.25) is 0 Å². The third-order valence-electron chi connectivity index (χ3n) is 2.26. The monoisotopic (exact) mass is 239 g/mol. The van der Waals surface area contributed by atoms with Crippen LogP contribution in [-0.4, -0.2) is 35.5 Å². The Bertz CT molecular complexity index is 400. The normalized spacial score (nSPS) is 10.1. The Morgan fingerprint density at radius 3 is 2.76 bits per heavy atom. The summed E-state index contributed by atoms with van der Waals surface area (Å²) in [7, 11) is 1.60. The van der Waals surface area contributed by atoms with Gasteiger partial charge < -0.3 is 9.42 Å². The van der Waals surface area contributed by atoms with Crippen LogP contribution < -0.4 is 5.32 Å². The van der Waals surface area contributed by atoms with E-state index >= 15 is 0 Å². The summed E-state index contributed by atoms with van der Waals surface area (Å²) in [5, 5.41) is 5.97. The summed E-state index contributed by atoms with van der Waals surface area (Å²) in [5.74, 6) is -0.437. The molecule has 0 radical (unpaired) electrons. The standard InChI is InChI=1S/C11H17N3O3/c1-4-5-6-14(3)11(16)10(15)12-9-7-8(2)17-13-9/h7H,4-6H2,1-3H3,(H,12,13,15). The number of amides is 2. The first kappa shape index (κ1) is 13.2. The van der Waals surface area contributed by atoms with Gasteiger partial charge in [0, 0.05) is 19.7 Å². The van der Waals surface area contributed by atoms with Crippen LogP contribution in [0.1, 0.15) is 25.5 Å². The molecule has 94 valence electrons. The number of carbonyl (C=O) groups is 2. The molecule has 0 unspecified atom stereocenters. The summed E-state index contributed by atoms with van der Waals surface area (Å²) >= 11 is 0. The summed E-state index contributed by atoms with van der Waals surface area (Å²) in [6.45, 7) is 4.30. The molecule has 0 saturated carbocycles. The van der Waals surface area contributed by atoms with E-state index in [9.17, 15) is 9.59 Å². The van der Waals surface area contributed by atoms with Crippen LogP contribution in [0.2, 0.25) is 0 Å². The third kappa shape index (κ3) is 3.90. The Kier molecular flexibility index (Phi) is 4.68. The van der Waals surface area contributed by atoms with Crippen LogP contribution in [-0.2, 0) is 9.59 Å². The molecular formula is C11H17N3O3. The van der Waals surface area contributed by atoms with Crippen molar-refractivity contribution < 1.29 is 14.1 Å². The number of nitrogens with zero attached hydrogens (tertiary/aromatic N) is 2. The van der Waals surface area contributed by atoms with Crippen LogP contribution in [0.15, 0.2) is 10.6 Å². The minimum atomic E-state index is -0.697. The van der Waals surface area contributed by atoms with Crippen molar-refractivity contribution in [1.29, 1.82) is 0 Å². The average Bonchev–Trinajstić information content (AvgIpc) is 2.70. The Hall–Kier alpha value is -1.85. The van der Waals surface area contributed by atoms with Crippen molar-refractivity contribution in [2.75, 3.05) is 18.9 Å². The molecule has 0 aromatic carbocycles. The molecule has 0 bridgehead atoms. The highest BCUT2D eigenvalue weighted by atomic mass is 16.5. The van der Waals surface area contributed by atoms with Gasteiger partial charge in [0.05, 0.1) is 0 Å². The van der Waals surface area contributed by atoms with Gasteiger partial charge in [-0.05, 0) is 13.3 Å². The molecule has 0 aliphatic carbocycles. The van der Waals surface area contributed by atoms with E-state index < -0.39 is 11.8 Å². The van der Waals surface area contributed by atoms with Crippen LogP contribution in [0.4, 0.5) is 5.82 Å². The van der Waals surface area contributed by atoms with Gasteiger partial charge in [-0.25, -0.2) is 0 Å². The first-order chi connectivity index (χ1) is 8.04. The summed E-state index contributed by atoms with van der Waals surface area (Å²) in [6, 6.07) is 1.55. The number of carbonyl (C=O) groups excluding carboxylic acids is 2. The van der Waals surface area contributed by atoms with Crippen LogP contribution in [0.25, 0.3) is 0 Å². The van der Waals surface area contributed by atoms with Gasteiger partial charge in [-0.2, -0.15) is 0 Å². The molecule has 1 N–H and O–H groups in total. The van der Waals surface area contributed by atoms with Gasteiger partial charge in [-0.15, -0.1) is 0 Å². The second-order valence-electron chi connectivity index (χ2n) is 3.86. The maximum Gasteiger partial charge on any atom is 0.315 e. The molecule has 2 amide bonds. The molecule has 0 aliphatic rings. The first-order valence-corrected chi connectivity index (χ1v) is 5.54. The molecule has 0 aliphatic heterocycles. The zero-order chi connectivity index (χ0) is 12.8. The van der Waals surface area contributed by atoms with Crippen molar-refractivity contribution in [2.45, 2.75) is 26.7 Å². The number of aryl methyl sites for hydroxylation is 1. The highest BCUT2D eigenvalue weighted by molar-refractivity contribution is 6.39. The van der Waals surface area contributed by atoms with Gasteiger partial charge in [-0.1, -0.05) is 18.5 Å². The van der Waals surface area contributed by atoms with E-state index in [1.165, 1.54) is 4.90 Å². The number of anilines is 1. The quantitative estimate of drug-likeness (QED) is 0.800. The van der Waals surface area contributed by atoms with E-state index in [2.05, 4.69) is 10.5 Å². The molecule has 6 nitrogen and oxygen atoms in total. The highest BCUT2D eigenvalue weighted by Crippen LogP contribution is 2.07. The number of nitrogens with one attached hydrogen (secondary N) is 1. The van der Waals surface area contributed by atoms with Gasteiger partial charge in [0.15, 0.2) is 5.82 Å². The van der Waals surface area contributed by atoms with Crippen LogP contribution >= 0.6 is 0 Å². The molecule has 0 spiro atoms. The fraction of sp³-hybridized carbons (Fsp3) is 0.545. The lowest BCUT2D eigenvalue weighted by atomic mass is 10.3. The van der Waals surface area contributed by atoms with E-state index in [0.717, 1.165) is 12.8 Å². The summed E-state index contributed by atoms with van der Waals surface area (Å²) in [5.41, 5.74) is 0. The number of likely N-dealkylation sites (N-methyl/N-ethyl adjacent to an activating group) is 1.